The Morgan fingerprint density at radius 3 is 2.60 bits per heavy atom. The van der Waals surface area contributed by atoms with Crippen molar-refractivity contribution in [1.29, 1.82) is 0 Å². The molecule has 0 aliphatic carbocycles. The molecule has 2 N–H and O–H groups in total. The molecule has 0 spiro atoms. The van der Waals surface area contributed by atoms with E-state index in [0.29, 0.717) is 19.5 Å². The van der Waals surface area contributed by atoms with Gasteiger partial charge in [0.05, 0.1) is 0 Å². The molecule has 2 rings (SSSR count). The highest BCUT2D eigenvalue weighted by molar-refractivity contribution is 14.1. The first-order valence-electron chi connectivity index (χ1n) is 4.93. The normalized spacial score (nSPS) is 21.1. The van der Waals surface area contributed by atoms with Crippen LogP contribution in [0.1, 0.15) is 12.0 Å². The zero-order valence-corrected chi connectivity index (χ0v) is 10.5. The van der Waals surface area contributed by atoms with E-state index < -0.39 is 0 Å². The highest BCUT2D eigenvalue weighted by Gasteiger charge is 2.26. The molecule has 15 heavy (non-hydrogen) atoms. The molecule has 1 fully saturated rings. The molecule has 1 saturated heterocycles. The maximum absolute atomic E-state index is 11.5. The van der Waals surface area contributed by atoms with E-state index in [0.717, 1.165) is 5.56 Å². The molecule has 1 aliphatic heterocycles. The van der Waals surface area contributed by atoms with E-state index in [4.69, 9.17) is 5.73 Å². The van der Waals surface area contributed by atoms with Crippen molar-refractivity contribution in [3.63, 3.8) is 0 Å². The minimum atomic E-state index is 0.0151. The third-order valence-corrected chi connectivity index (χ3v) is 3.25. The molecule has 1 unspecified atom stereocenters. The highest BCUT2D eigenvalue weighted by atomic mass is 127. The van der Waals surface area contributed by atoms with Crippen molar-refractivity contribution >= 4 is 28.5 Å². The number of benzene rings is 1. The Kier molecular flexibility index (Phi) is 3.25. The van der Waals surface area contributed by atoms with Crippen LogP contribution in [0.25, 0.3) is 0 Å². The van der Waals surface area contributed by atoms with Crippen molar-refractivity contribution in [3.8, 4) is 0 Å². The van der Waals surface area contributed by atoms with Gasteiger partial charge in [-0.05, 0) is 40.3 Å². The summed E-state index contributed by atoms with van der Waals surface area (Å²) in [6.45, 7) is 1.37. The fraction of sp³-hybridized carbons (Fsp3) is 0.364. The van der Waals surface area contributed by atoms with Gasteiger partial charge in [0, 0.05) is 29.1 Å². The maximum atomic E-state index is 11.5. The van der Waals surface area contributed by atoms with Crippen LogP contribution in [0.5, 0.6) is 0 Å². The molecule has 3 nitrogen and oxygen atoms in total. The van der Waals surface area contributed by atoms with E-state index in [-0.39, 0.29) is 11.9 Å². The lowest BCUT2D eigenvalue weighted by atomic mass is 10.2. The molecular formula is C11H13IN2O. The van der Waals surface area contributed by atoms with Crippen molar-refractivity contribution in [2.75, 3.05) is 6.54 Å². The molecule has 0 bridgehead atoms. The number of likely N-dealkylation sites (tertiary alicyclic amines) is 1. The van der Waals surface area contributed by atoms with Gasteiger partial charge in [0.15, 0.2) is 0 Å². The van der Waals surface area contributed by atoms with Gasteiger partial charge in [-0.1, -0.05) is 12.1 Å². The second kappa shape index (κ2) is 4.49. The van der Waals surface area contributed by atoms with Gasteiger partial charge < -0.3 is 10.6 Å². The molecule has 1 aromatic carbocycles. The third-order valence-electron chi connectivity index (χ3n) is 2.53. The summed E-state index contributed by atoms with van der Waals surface area (Å²) in [7, 11) is 0. The minimum Gasteiger partial charge on any atom is -0.337 e. The van der Waals surface area contributed by atoms with Gasteiger partial charge in [-0.2, -0.15) is 0 Å². The number of hydrogen-bond acceptors (Lipinski definition) is 2. The van der Waals surface area contributed by atoms with Gasteiger partial charge in [0.25, 0.3) is 0 Å². The lowest BCUT2D eigenvalue weighted by Crippen LogP contribution is -2.27. The Bertz CT molecular complexity index is 363. The van der Waals surface area contributed by atoms with E-state index in [2.05, 4.69) is 46.9 Å². The summed E-state index contributed by atoms with van der Waals surface area (Å²) in [4.78, 5) is 13.3. The van der Waals surface area contributed by atoms with E-state index in [1.807, 2.05) is 4.90 Å². The highest BCUT2D eigenvalue weighted by Crippen LogP contribution is 2.14. The topological polar surface area (TPSA) is 46.3 Å². The molecule has 1 heterocycles. The van der Waals surface area contributed by atoms with Gasteiger partial charge in [-0.25, -0.2) is 0 Å². The number of amides is 1. The van der Waals surface area contributed by atoms with E-state index in [1.54, 1.807) is 0 Å². The van der Waals surface area contributed by atoms with Gasteiger partial charge in [0.2, 0.25) is 5.91 Å². The summed E-state index contributed by atoms with van der Waals surface area (Å²) in [6.07, 6.45) is 0.490. The van der Waals surface area contributed by atoms with Crippen LogP contribution in [0.3, 0.4) is 0 Å². The molecule has 1 aromatic rings. The average molecular weight is 316 g/mol. The third kappa shape index (κ3) is 2.69. The van der Waals surface area contributed by atoms with Crippen LogP contribution in [-0.4, -0.2) is 23.4 Å². The van der Waals surface area contributed by atoms with Crippen molar-refractivity contribution in [2.24, 2.45) is 5.73 Å². The van der Waals surface area contributed by atoms with E-state index in [9.17, 15) is 4.79 Å². The van der Waals surface area contributed by atoms with Crippen LogP contribution in [0.4, 0.5) is 0 Å². The Morgan fingerprint density at radius 1 is 1.40 bits per heavy atom. The van der Waals surface area contributed by atoms with Crippen molar-refractivity contribution in [2.45, 2.75) is 19.0 Å². The molecule has 1 amide bonds. The first-order valence-corrected chi connectivity index (χ1v) is 6.01. The van der Waals surface area contributed by atoms with Gasteiger partial charge in [0.1, 0.15) is 0 Å². The lowest BCUT2D eigenvalue weighted by Gasteiger charge is -2.15. The van der Waals surface area contributed by atoms with Crippen LogP contribution >= 0.6 is 22.6 Å². The molecule has 0 saturated carbocycles. The first-order chi connectivity index (χ1) is 7.15. The van der Waals surface area contributed by atoms with Gasteiger partial charge in [-0.3, -0.25) is 4.79 Å². The molecular weight excluding hydrogens is 303 g/mol. The standard InChI is InChI=1S/C11H13IN2O/c12-9-3-1-8(2-4-9)6-14-7-10(13)5-11(14)15/h1-4,10H,5-7,13H2. The summed E-state index contributed by atoms with van der Waals surface area (Å²) >= 11 is 2.27. The number of nitrogens with two attached hydrogens (primary N) is 1. The van der Waals surface area contributed by atoms with Crippen LogP contribution in [-0.2, 0) is 11.3 Å². The quantitative estimate of drug-likeness (QED) is 0.837. The summed E-state index contributed by atoms with van der Waals surface area (Å²) in [5.74, 6) is 0.168. The van der Waals surface area contributed by atoms with Crippen LogP contribution in [0.2, 0.25) is 0 Å². The Labute approximate surface area is 103 Å². The fourth-order valence-electron chi connectivity index (χ4n) is 1.77. The second-order valence-corrected chi connectivity index (χ2v) is 5.11. The summed E-state index contributed by atoms with van der Waals surface area (Å²) in [5.41, 5.74) is 6.89. The summed E-state index contributed by atoms with van der Waals surface area (Å²) < 4.78 is 1.21. The number of nitrogens with zero attached hydrogens (tertiary/aromatic N) is 1. The van der Waals surface area contributed by atoms with Crippen LogP contribution in [0.15, 0.2) is 24.3 Å². The predicted octanol–water partition coefficient (Wildman–Crippen LogP) is 1.35. The molecule has 4 heteroatoms. The number of hydrogen-bond donors (Lipinski definition) is 1. The average Bonchev–Trinajstić information content (AvgIpc) is 2.49. The Morgan fingerprint density at radius 2 is 2.07 bits per heavy atom. The number of rotatable bonds is 2. The molecule has 0 radical (unpaired) electrons. The first kappa shape index (κ1) is 10.9. The zero-order chi connectivity index (χ0) is 10.8. The Hall–Kier alpha value is -0.620. The maximum Gasteiger partial charge on any atom is 0.224 e. The second-order valence-electron chi connectivity index (χ2n) is 3.86. The van der Waals surface area contributed by atoms with Crippen molar-refractivity contribution < 1.29 is 4.79 Å². The smallest absolute Gasteiger partial charge is 0.224 e. The van der Waals surface area contributed by atoms with Gasteiger partial charge in [-0.15, -0.1) is 0 Å². The zero-order valence-electron chi connectivity index (χ0n) is 8.32. The summed E-state index contributed by atoms with van der Waals surface area (Å²) in [5, 5.41) is 0. The van der Waals surface area contributed by atoms with Crippen LogP contribution in [0, 0.1) is 3.57 Å². The van der Waals surface area contributed by atoms with Crippen molar-refractivity contribution in [1.82, 2.24) is 4.90 Å². The minimum absolute atomic E-state index is 0.0151. The van der Waals surface area contributed by atoms with Crippen molar-refractivity contribution in [3.05, 3.63) is 33.4 Å². The largest absolute Gasteiger partial charge is 0.337 e. The molecule has 0 aromatic heterocycles. The number of halogens is 1. The SMILES string of the molecule is NC1CC(=O)N(Cc2ccc(I)cc2)C1. The monoisotopic (exact) mass is 316 g/mol. The summed E-state index contributed by atoms with van der Waals surface area (Å²) in [6, 6.07) is 8.23. The lowest BCUT2D eigenvalue weighted by molar-refractivity contribution is -0.128. The number of carbonyl (C=O) groups excluding carboxylic acids is 1. The van der Waals surface area contributed by atoms with Crippen LogP contribution < -0.4 is 5.73 Å². The van der Waals surface area contributed by atoms with E-state index in [1.165, 1.54) is 3.57 Å². The molecule has 80 valence electrons. The fourth-order valence-corrected chi connectivity index (χ4v) is 2.13. The molecule has 1 atom stereocenters. The van der Waals surface area contributed by atoms with E-state index >= 15 is 0 Å². The predicted molar refractivity (Wildman–Crippen MR) is 67.2 cm³/mol. The van der Waals surface area contributed by atoms with Gasteiger partial charge >= 0.3 is 0 Å². The Balaban J connectivity index is 2.03. The molecule has 1 aliphatic rings. The number of carbonyl (C=O) groups is 1.